The van der Waals surface area contributed by atoms with Crippen LogP contribution in [0, 0.1) is 5.41 Å². The first-order chi connectivity index (χ1) is 5.68. The van der Waals surface area contributed by atoms with Crippen LogP contribution in [0.4, 0.5) is 0 Å². The molecule has 0 aliphatic rings. The smallest absolute Gasteiger partial charge is 0.325 e. The molecule has 6 heteroatoms. The maximum Gasteiger partial charge on any atom is 0.325 e. The normalized spacial score (nSPS) is 11.9. The highest BCUT2D eigenvalue weighted by molar-refractivity contribution is 7.51. The highest BCUT2D eigenvalue weighted by atomic mass is 31.2. The minimum absolute atomic E-state index is 0.0451. The molecule has 0 radical (unpaired) electrons. The third kappa shape index (κ3) is 14.9. The van der Waals surface area contributed by atoms with Gasteiger partial charge in [0.2, 0.25) is 0 Å². The molecule has 0 fully saturated rings. The third-order valence-electron chi connectivity index (χ3n) is 1.27. The van der Waals surface area contributed by atoms with Gasteiger partial charge in [-0.05, 0) is 0 Å². The van der Waals surface area contributed by atoms with E-state index in [2.05, 4.69) is 0 Å². The van der Waals surface area contributed by atoms with Crippen molar-refractivity contribution < 1.29 is 24.6 Å². The van der Waals surface area contributed by atoms with E-state index < -0.39 is 7.60 Å². The van der Waals surface area contributed by atoms with Crippen LogP contribution in [0.5, 0.6) is 0 Å². The van der Waals surface area contributed by atoms with E-state index in [0.717, 1.165) is 0 Å². The number of rotatable bonds is 3. The van der Waals surface area contributed by atoms with Crippen molar-refractivity contribution in [2.75, 3.05) is 19.4 Å². The van der Waals surface area contributed by atoms with Crippen LogP contribution < -0.4 is 0 Å². The molecule has 0 aromatic heterocycles. The SMILES string of the molecule is CC(C)(CO)CO.CCP(=O)(O)O. The first-order valence-electron chi connectivity index (χ1n) is 3.95. The van der Waals surface area contributed by atoms with E-state index in [0.29, 0.717) is 0 Å². The van der Waals surface area contributed by atoms with E-state index in [9.17, 15) is 4.57 Å². The monoisotopic (exact) mass is 214 g/mol. The number of aliphatic hydroxyl groups excluding tert-OH is 2. The molecular formula is C7H19O5P. The maximum absolute atomic E-state index is 9.69. The van der Waals surface area contributed by atoms with Gasteiger partial charge in [0.15, 0.2) is 0 Å². The Kier molecular flexibility index (Phi) is 7.78. The number of hydrogen-bond acceptors (Lipinski definition) is 3. The molecule has 0 spiro atoms. The summed E-state index contributed by atoms with van der Waals surface area (Å²) in [7, 11) is -3.65. The van der Waals surface area contributed by atoms with E-state index in [1.54, 1.807) is 13.8 Å². The van der Waals surface area contributed by atoms with Crippen LogP contribution in [0.15, 0.2) is 0 Å². The Morgan fingerprint density at radius 3 is 1.38 bits per heavy atom. The fourth-order valence-electron chi connectivity index (χ4n) is 0.0500. The molecular weight excluding hydrogens is 195 g/mol. The highest BCUT2D eigenvalue weighted by Gasteiger charge is 2.13. The molecule has 4 N–H and O–H groups in total. The lowest BCUT2D eigenvalue weighted by Crippen LogP contribution is -2.20. The predicted octanol–water partition coefficient (Wildman–Crippen LogP) is 0.181. The summed E-state index contributed by atoms with van der Waals surface area (Å²) < 4.78 is 9.69. The number of hydrogen-bond donors (Lipinski definition) is 4. The summed E-state index contributed by atoms with van der Waals surface area (Å²) in [6, 6.07) is 0. The fraction of sp³-hybridized carbons (Fsp3) is 1.00. The average molecular weight is 214 g/mol. The zero-order valence-electron chi connectivity index (χ0n) is 8.27. The lowest BCUT2D eigenvalue weighted by Gasteiger charge is -2.16. The van der Waals surface area contributed by atoms with Crippen molar-refractivity contribution in [3.63, 3.8) is 0 Å². The largest absolute Gasteiger partial charge is 0.396 e. The number of aliphatic hydroxyl groups is 2. The Balaban J connectivity index is 0. The van der Waals surface area contributed by atoms with Gasteiger partial charge in [0.25, 0.3) is 0 Å². The molecule has 13 heavy (non-hydrogen) atoms. The second kappa shape index (κ2) is 6.51. The summed E-state index contributed by atoms with van der Waals surface area (Å²) >= 11 is 0. The van der Waals surface area contributed by atoms with Gasteiger partial charge in [0.1, 0.15) is 0 Å². The molecule has 0 saturated heterocycles. The summed E-state index contributed by atoms with van der Waals surface area (Å²) in [6.07, 6.45) is -0.0625. The molecule has 0 heterocycles. The van der Waals surface area contributed by atoms with Crippen LogP contribution in [0.2, 0.25) is 0 Å². The second-order valence-corrected chi connectivity index (χ2v) is 5.42. The van der Waals surface area contributed by atoms with Crippen molar-refractivity contribution in [2.24, 2.45) is 5.41 Å². The highest BCUT2D eigenvalue weighted by Crippen LogP contribution is 2.32. The fourth-order valence-corrected chi connectivity index (χ4v) is 0.0500. The van der Waals surface area contributed by atoms with Crippen molar-refractivity contribution in [3.8, 4) is 0 Å². The minimum Gasteiger partial charge on any atom is -0.396 e. The predicted molar refractivity (Wildman–Crippen MR) is 50.5 cm³/mol. The third-order valence-corrected chi connectivity index (χ3v) is 2.09. The molecule has 0 aromatic rings. The first-order valence-corrected chi connectivity index (χ1v) is 5.74. The van der Waals surface area contributed by atoms with Gasteiger partial charge < -0.3 is 20.0 Å². The van der Waals surface area contributed by atoms with E-state index in [1.165, 1.54) is 6.92 Å². The van der Waals surface area contributed by atoms with Gasteiger partial charge in [0, 0.05) is 11.6 Å². The van der Waals surface area contributed by atoms with Crippen molar-refractivity contribution in [2.45, 2.75) is 20.8 Å². The van der Waals surface area contributed by atoms with Crippen molar-refractivity contribution in [3.05, 3.63) is 0 Å². The van der Waals surface area contributed by atoms with Crippen LogP contribution in [0.3, 0.4) is 0 Å². The zero-order valence-corrected chi connectivity index (χ0v) is 9.16. The van der Waals surface area contributed by atoms with E-state index >= 15 is 0 Å². The molecule has 0 bridgehead atoms. The van der Waals surface area contributed by atoms with Crippen LogP contribution >= 0.6 is 7.60 Å². The van der Waals surface area contributed by atoms with Gasteiger partial charge in [-0.25, -0.2) is 0 Å². The summed E-state index contributed by atoms with van der Waals surface area (Å²) in [5.41, 5.74) is -0.306. The molecule has 82 valence electrons. The quantitative estimate of drug-likeness (QED) is 0.502. The van der Waals surface area contributed by atoms with Gasteiger partial charge in [-0.2, -0.15) is 0 Å². The molecule has 0 rings (SSSR count). The lowest BCUT2D eigenvalue weighted by molar-refractivity contribution is 0.0857. The zero-order chi connectivity index (χ0) is 11.1. The Hall–Kier alpha value is 0.0700. The Morgan fingerprint density at radius 2 is 1.38 bits per heavy atom. The summed E-state index contributed by atoms with van der Waals surface area (Å²) in [4.78, 5) is 15.9. The Morgan fingerprint density at radius 1 is 1.15 bits per heavy atom. The van der Waals surface area contributed by atoms with E-state index in [1.807, 2.05) is 0 Å². The summed E-state index contributed by atoms with van der Waals surface area (Å²) in [6.45, 7) is 5.13. The summed E-state index contributed by atoms with van der Waals surface area (Å²) in [5.74, 6) is 0. The molecule has 5 nitrogen and oxygen atoms in total. The summed E-state index contributed by atoms with van der Waals surface area (Å²) in [5, 5.41) is 16.9. The first kappa shape index (κ1) is 15.5. The van der Waals surface area contributed by atoms with Gasteiger partial charge in [0.05, 0.1) is 13.2 Å². The van der Waals surface area contributed by atoms with Crippen molar-refractivity contribution in [1.82, 2.24) is 0 Å². The Labute approximate surface area is 78.6 Å². The van der Waals surface area contributed by atoms with Gasteiger partial charge >= 0.3 is 7.60 Å². The minimum atomic E-state index is -3.65. The topological polar surface area (TPSA) is 98.0 Å². The molecule has 0 aromatic carbocycles. The maximum atomic E-state index is 9.69. The lowest BCUT2D eigenvalue weighted by atomic mass is 9.97. The molecule has 0 unspecified atom stereocenters. The van der Waals surface area contributed by atoms with Crippen molar-refractivity contribution >= 4 is 7.60 Å². The van der Waals surface area contributed by atoms with Crippen LogP contribution in [0.1, 0.15) is 20.8 Å². The standard InChI is InChI=1S/C5H12O2.C2H7O3P/c1-5(2,3-6)4-7;1-2-6(3,4)5/h6-7H,3-4H2,1-2H3;2H2,1H3,(H2,3,4,5). The van der Waals surface area contributed by atoms with Crippen LogP contribution in [0.25, 0.3) is 0 Å². The van der Waals surface area contributed by atoms with Gasteiger partial charge in [-0.15, -0.1) is 0 Å². The van der Waals surface area contributed by atoms with Crippen LogP contribution in [-0.2, 0) is 4.57 Å². The molecule has 0 amide bonds. The van der Waals surface area contributed by atoms with Gasteiger partial charge in [-0.1, -0.05) is 20.8 Å². The molecule has 0 aliphatic carbocycles. The molecule has 0 aliphatic heterocycles. The van der Waals surface area contributed by atoms with Gasteiger partial charge in [-0.3, -0.25) is 4.57 Å². The Bertz CT molecular complexity index is 156. The average Bonchev–Trinajstić information content (AvgIpc) is 2.04. The molecule has 0 atom stereocenters. The van der Waals surface area contributed by atoms with E-state index in [4.69, 9.17) is 20.0 Å². The second-order valence-electron chi connectivity index (χ2n) is 3.46. The van der Waals surface area contributed by atoms with Crippen LogP contribution in [-0.4, -0.2) is 39.4 Å². The molecule has 0 saturated carbocycles. The van der Waals surface area contributed by atoms with Crippen molar-refractivity contribution in [1.29, 1.82) is 0 Å². The van der Waals surface area contributed by atoms with E-state index in [-0.39, 0.29) is 24.8 Å².